The van der Waals surface area contributed by atoms with Gasteiger partial charge in [0.25, 0.3) is 0 Å². The Kier molecular flexibility index (Phi) is 4.25. The molecule has 0 fully saturated rings. The van der Waals surface area contributed by atoms with Gasteiger partial charge in [0.1, 0.15) is 5.75 Å². The van der Waals surface area contributed by atoms with Gasteiger partial charge >= 0.3 is 0 Å². The Balaban J connectivity index is 1.89. The minimum Gasteiger partial charge on any atom is -0.496 e. The van der Waals surface area contributed by atoms with Gasteiger partial charge in [-0.05, 0) is 53.3 Å². The van der Waals surface area contributed by atoms with Gasteiger partial charge in [-0.15, -0.1) is 0 Å². The Hall–Kier alpha value is -1.97. The molecule has 2 N–H and O–H groups in total. The third-order valence-corrected chi connectivity index (χ3v) is 5.56. The number of benzene rings is 2. The van der Waals surface area contributed by atoms with Gasteiger partial charge in [0.2, 0.25) is 0 Å². The summed E-state index contributed by atoms with van der Waals surface area (Å²) in [5, 5.41) is 5.68. The first kappa shape index (κ1) is 17.4. The van der Waals surface area contributed by atoms with Crippen molar-refractivity contribution in [3.8, 4) is 5.75 Å². The molecule has 0 amide bonds. The number of H-pyrrole nitrogens is 1. The number of rotatable bonds is 2. The van der Waals surface area contributed by atoms with Crippen LogP contribution >= 0.6 is 11.6 Å². The molecule has 0 aliphatic carbocycles. The van der Waals surface area contributed by atoms with Gasteiger partial charge in [-0.2, -0.15) is 0 Å². The second kappa shape index (κ2) is 6.33. The van der Waals surface area contributed by atoms with Crippen LogP contribution in [0.4, 0.5) is 0 Å². The molecule has 4 rings (SSSR count). The molecule has 26 heavy (non-hydrogen) atoms. The first-order chi connectivity index (χ1) is 12.4. The van der Waals surface area contributed by atoms with E-state index in [9.17, 15) is 0 Å². The lowest BCUT2D eigenvalue weighted by molar-refractivity contribution is 0.401. The van der Waals surface area contributed by atoms with Gasteiger partial charge in [0.15, 0.2) is 0 Å². The van der Waals surface area contributed by atoms with Crippen LogP contribution in [0.1, 0.15) is 49.2 Å². The number of hydrogen-bond acceptors (Lipinski definition) is 2. The van der Waals surface area contributed by atoms with Gasteiger partial charge in [0.05, 0.1) is 13.2 Å². The Morgan fingerprint density at radius 3 is 2.65 bits per heavy atom. The first-order valence-electron chi connectivity index (χ1n) is 9.10. The summed E-state index contributed by atoms with van der Waals surface area (Å²) in [5.41, 5.74) is 6.29. The molecule has 3 nitrogen and oxygen atoms in total. The van der Waals surface area contributed by atoms with Crippen LogP contribution in [0.15, 0.2) is 36.4 Å². The van der Waals surface area contributed by atoms with Crippen LogP contribution in [0.3, 0.4) is 0 Å². The molecule has 0 saturated heterocycles. The summed E-state index contributed by atoms with van der Waals surface area (Å²) in [6.45, 7) is 7.65. The fraction of sp³-hybridized carbons (Fsp3) is 0.364. The van der Waals surface area contributed by atoms with E-state index in [0.717, 1.165) is 29.3 Å². The Morgan fingerprint density at radius 1 is 1.12 bits per heavy atom. The quantitative estimate of drug-likeness (QED) is 0.638. The second-order valence-electron chi connectivity index (χ2n) is 8.05. The normalized spacial score (nSPS) is 17.3. The highest BCUT2D eigenvalue weighted by Gasteiger charge is 2.28. The largest absolute Gasteiger partial charge is 0.496 e. The third-order valence-electron chi connectivity index (χ3n) is 5.32. The molecule has 0 spiro atoms. The minimum absolute atomic E-state index is 0.0853. The first-order valence-corrected chi connectivity index (χ1v) is 9.48. The molecule has 1 atom stereocenters. The zero-order chi connectivity index (χ0) is 18.5. The molecule has 2 heterocycles. The van der Waals surface area contributed by atoms with Crippen molar-refractivity contribution in [2.45, 2.75) is 38.6 Å². The van der Waals surface area contributed by atoms with Gasteiger partial charge < -0.3 is 15.0 Å². The summed E-state index contributed by atoms with van der Waals surface area (Å²) < 4.78 is 5.70. The van der Waals surface area contributed by atoms with E-state index in [2.05, 4.69) is 61.4 Å². The Morgan fingerprint density at radius 2 is 1.92 bits per heavy atom. The molecule has 1 aromatic heterocycles. The fourth-order valence-corrected chi connectivity index (χ4v) is 4.06. The van der Waals surface area contributed by atoms with Crippen molar-refractivity contribution in [2.75, 3.05) is 13.7 Å². The van der Waals surface area contributed by atoms with Crippen LogP contribution in [0.5, 0.6) is 5.75 Å². The topological polar surface area (TPSA) is 37.0 Å². The summed E-state index contributed by atoms with van der Waals surface area (Å²) in [6, 6.07) is 12.7. The monoisotopic (exact) mass is 368 g/mol. The molecular formula is C22H25ClN2O. The maximum Gasteiger partial charge on any atom is 0.124 e. The highest BCUT2D eigenvalue weighted by Crippen LogP contribution is 2.39. The number of aromatic nitrogens is 1. The predicted molar refractivity (Wildman–Crippen MR) is 109 cm³/mol. The van der Waals surface area contributed by atoms with Gasteiger partial charge in [0, 0.05) is 33.7 Å². The molecule has 3 aromatic rings. The smallest absolute Gasteiger partial charge is 0.124 e. The van der Waals surface area contributed by atoms with Crippen molar-refractivity contribution in [1.82, 2.24) is 10.3 Å². The van der Waals surface area contributed by atoms with E-state index in [1.165, 1.54) is 27.8 Å². The lowest BCUT2D eigenvalue weighted by atomic mass is 9.84. The minimum atomic E-state index is 0.0853. The molecule has 4 heteroatoms. The third kappa shape index (κ3) is 2.89. The highest BCUT2D eigenvalue weighted by molar-refractivity contribution is 6.31. The van der Waals surface area contributed by atoms with Crippen molar-refractivity contribution in [2.24, 2.45) is 0 Å². The number of halogens is 1. The predicted octanol–water partition coefficient (Wildman–Crippen LogP) is 5.36. The summed E-state index contributed by atoms with van der Waals surface area (Å²) >= 11 is 6.24. The Bertz CT molecular complexity index is 968. The van der Waals surface area contributed by atoms with Crippen LogP contribution in [-0.2, 0) is 11.8 Å². The molecule has 2 aromatic carbocycles. The molecule has 1 aliphatic heterocycles. The van der Waals surface area contributed by atoms with Crippen molar-refractivity contribution >= 4 is 22.5 Å². The van der Waals surface area contributed by atoms with Crippen molar-refractivity contribution < 1.29 is 4.74 Å². The number of aromatic amines is 1. The van der Waals surface area contributed by atoms with Crippen molar-refractivity contribution in [3.63, 3.8) is 0 Å². The number of fused-ring (bicyclic) bond motifs is 3. The zero-order valence-electron chi connectivity index (χ0n) is 15.7. The summed E-state index contributed by atoms with van der Waals surface area (Å²) in [5.74, 6) is 0.917. The van der Waals surface area contributed by atoms with E-state index in [1.807, 2.05) is 6.07 Å². The fourth-order valence-electron chi connectivity index (χ4n) is 3.89. The van der Waals surface area contributed by atoms with E-state index >= 15 is 0 Å². The van der Waals surface area contributed by atoms with Crippen LogP contribution in [-0.4, -0.2) is 18.6 Å². The standard InChI is InChI=1S/C22H25ClN2O/c1-22(2,3)13-5-8-19(26-4)17(11-13)20-21-15(9-10-24-20)16-12-14(23)6-7-18(16)25-21/h5-8,11-12,20,24-25H,9-10H2,1-4H3. The average Bonchev–Trinajstić information content (AvgIpc) is 2.98. The van der Waals surface area contributed by atoms with E-state index in [1.54, 1.807) is 7.11 Å². The molecular weight excluding hydrogens is 344 g/mol. The van der Waals surface area contributed by atoms with Crippen LogP contribution in [0, 0.1) is 0 Å². The molecule has 0 radical (unpaired) electrons. The molecule has 136 valence electrons. The van der Waals surface area contributed by atoms with Gasteiger partial charge in [-0.1, -0.05) is 38.4 Å². The zero-order valence-corrected chi connectivity index (χ0v) is 16.5. The molecule has 1 aliphatic rings. The Labute approximate surface area is 159 Å². The van der Waals surface area contributed by atoms with Crippen LogP contribution in [0.2, 0.25) is 5.02 Å². The molecule has 1 unspecified atom stereocenters. The van der Waals surface area contributed by atoms with Crippen LogP contribution in [0.25, 0.3) is 10.9 Å². The van der Waals surface area contributed by atoms with E-state index in [0.29, 0.717) is 0 Å². The van der Waals surface area contributed by atoms with E-state index in [4.69, 9.17) is 16.3 Å². The maximum absolute atomic E-state index is 6.24. The SMILES string of the molecule is COc1ccc(C(C)(C)C)cc1C1NCCc2c1[nH]c1ccc(Cl)cc21. The summed E-state index contributed by atoms with van der Waals surface area (Å²) in [6.07, 6.45) is 0.994. The number of methoxy groups -OCH3 is 1. The van der Waals surface area contributed by atoms with Gasteiger partial charge in [-0.3, -0.25) is 0 Å². The summed E-state index contributed by atoms with van der Waals surface area (Å²) in [4.78, 5) is 3.62. The lowest BCUT2D eigenvalue weighted by Gasteiger charge is -2.28. The number of hydrogen-bond donors (Lipinski definition) is 2. The van der Waals surface area contributed by atoms with Crippen molar-refractivity contribution in [1.29, 1.82) is 0 Å². The highest BCUT2D eigenvalue weighted by atomic mass is 35.5. The summed E-state index contributed by atoms with van der Waals surface area (Å²) in [7, 11) is 1.74. The molecule has 0 bridgehead atoms. The van der Waals surface area contributed by atoms with E-state index in [-0.39, 0.29) is 11.5 Å². The van der Waals surface area contributed by atoms with Crippen LogP contribution < -0.4 is 10.1 Å². The lowest BCUT2D eigenvalue weighted by Crippen LogP contribution is -2.31. The van der Waals surface area contributed by atoms with Gasteiger partial charge in [-0.25, -0.2) is 0 Å². The number of ether oxygens (including phenoxy) is 1. The second-order valence-corrected chi connectivity index (χ2v) is 8.49. The molecule has 0 saturated carbocycles. The van der Waals surface area contributed by atoms with Crippen molar-refractivity contribution in [3.05, 3.63) is 63.8 Å². The number of nitrogens with one attached hydrogen (secondary N) is 2. The van der Waals surface area contributed by atoms with E-state index < -0.39 is 0 Å². The average molecular weight is 369 g/mol. The maximum atomic E-state index is 6.24.